The van der Waals surface area contributed by atoms with E-state index >= 15 is 0 Å². The minimum Gasteiger partial charge on any atom is -0.391 e. The largest absolute Gasteiger partial charge is 0.391 e. The number of aliphatic hydroxyl groups is 1. The second kappa shape index (κ2) is 7.16. The van der Waals surface area contributed by atoms with Gasteiger partial charge in [0.15, 0.2) is 0 Å². The Bertz CT molecular complexity index is 979. The standard InChI is InChI=1S/C22H25N3O2/c1-3-25-20(12-15(2)23-25)22(27)24-11-10-19(21(26)14-24)18-9-8-16-6-4-5-7-17(16)13-18/h4-9,12-13,19,21,26H,3,10-11,14H2,1-2H3/t19-,21+/m0/s1. The van der Waals surface area contributed by atoms with E-state index in [0.717, 1.165) is 17.7 Å². The molecule has 5 heteroatoms. The van der Waals surface area contributed by atoms with Gasteiger partial charge in [0.1, 0.15) is 5.69 Å². The molecule has 1 amide bonds. The smallest absolute Gasteiger partial charge is 0.272 e. The molecule has 1 aliphatic rings. The van der Waals surface area contributed by atoms with Crippen molar-refractivity contribution in [3.05, 3.63) is 65.5 Å². The number of hydrogen-bond acceptors (Lipinski definition) is 3. The van der Waals surface area contributed by atoms with Gasteiger partial charge in [-0.1, -0.05) is 42.5 Å². The molecular formula is C22H25N3O2. The first-order valence-corrected chi connectivity index (χ1v) is 9.57. The van der Waals surface area contributed by atoms with Gasteiger partial charge in [0, 0.05) is 25.6 Å². The molecule has 1 saturated heterocycles. The summed E-state index contributed by atoms with van der Waals surface area (Å²) in [6, 6.07) is 16.4. The van der Waals surface area contributed by atoms with Crippen molar-refractivity contribution in [3.8, 4) is 0 Å². The predicted octanol–water partition coefficient (Wildman–Crippen LogP) is 3.36. The number of likely N-dealkylation sites (tertiary alicyclic amines) is 1. The summed E-state index contributed by atoms with van der Waals surface area (Å²) < 4.78 is 1.74. The molecule has 4 rings (SSSR count). The van der Waals surface area contributed by atoms with Crippen molar-refractivity contribution >= 4 is 16.7 Å². The minimum absolute atomic E-state index is 0.0477. The topological polar surface area (TPSA) is 58.4 Å². The van der Waals surface area contributed by atoms with Gasteiger partial charge in [-0.15, -0.1) is 0 Å². The third kappa shape index (κ3) is 3.35. The van der Waals surface area contributed by atoms with Crippen LogP contribution in [0.4, 0.5) is 0 Å². The van der Waals surface area contributed by atoms with Crippen molar-refractivity contribution in [1.82, 2.24) is 14.7 Å². The number of amides is 1. The van der Waals surface area contributed by atoms with Crippen LogP contribution in [0, 0.1) is 6.92 Å². The lowest BCUT2D eigenvalue weighted by atomic mass is 9.86. The van der Waals surface area contributed by atoms with E-state index in [4.69, 9.17) is 0 Å². The summed E-state index contributed by atoms with van der Waals surface area (Å²) in [6.45, 7) is 5.52. The highest BCUT2D eigenvalue weighted by atomic mass is 16.3. The monoisotopic (exact) mass is 363 g/mol. The molecule has 1 aromatic heterocycles. The number of hydrogen-bond donors (Lipinski definition) is 1. The summed E-state index contributed by atoms with van der Waals surface area (Å²) in [4.78, 5) is 14.7. The second-order valence-corrected chi connectivity index (χ2v) is 7.31. The van der Waals surface area contributed by atoms with E-state index < -0.39 is 6.10 Å². The molecule has 2 aromatic carbocycles. The Morgan fingerprint density at radius 1 is 1.19 bits per heavy atom. The molecule has 1 aliphatic heterocycles. The van der Waals surface area contributed by atoms with Crippen molar-refractivity contribution in [2.24, 2.45) is 0 Å². The fourth-order valence-corrected chi connectivity index (χ4v) is 4.06. The van der Waals surface area contributed by atoms with Gasteiger partial charge in [0.2, 0.25) is 0 Å². The number of carbonyl (C=O) groups is 1. The van der Waals surface area contributed by atoms with Crippen molar-refractivity contribution < 1.29 is 9.90 Å². The van der Waals surface area contributed by atoms with Gasteiger partial charge in [-0.05, 0) is 42.7 Å². The van der Waals surface area contributed by atoms with Crippen LogP contribution < -0.4 is 0 Å². The molecule has 27 heavy (non-hydrogen) atoms. The number of piperidine rings is 1. The highest BCUT2D eigenvalue weighted by molar-refractivity contribution is 5.93. The van der Waals surface area contributed by atoms with Crippen LogP contribution in [0.15, 0.2) is 48.5 Å². The lowest BCUT2D eigenvalue weighted by Gasteiger charge is -2.36. The number of rotatable bonds is 3. The summed E-state index contributed by atoms with van der Waals surface area (Å²) in [5.74, 6) is 0.00457. The molecule has 2 heterocycles. The van der Waals surface area contributed by atoms with E-state index in [-0.39, 0.29) is 11.8 Å². The lowest BCUT2D eigenvalue weighted by molar-refractivity contribution is 0.0373. The van der Waals surface area contributed by atoms with Crippen LogP contribution in [-0.4, -0.2) is 44.9 Å². The van der Waals surface area contributed by atoms with E-state index in [1.165, 1.54) is 10.8 Å². The molecule has 2 atom stereocenters. The zero-order chi connectivity index (χ0) is 19.0. The Morgan fingerprint density at radius 3 is 2.70 bits per heavy atom. The number of aryl methyl sites for hydroxylation is 2. The summed E-state index contributed by atoms with van der Waals surface area (Å²) in [7, 11) is 0. The van der Waals surface area contributed by atoms with Gasteiger partial charge >= 0.3 is 0 Å². The fraction of sp³-hybridized carbons (Fsp3) is 0.364. The maximum atomic E-state index is 12.9. The number of carbonyl (C=O) groups excluding carboxylic acids is 1. The normalized spacial score (nSPS) is 20.2. The van der Waals surface area contributed by atoms with E-state index in [1.807, 2.05) is 32.0 Å². The second-order valence-electron chi connectivity index (χ2n) is 7.31. The Hall–Kier alpha value is -2.66. The molecule has 0 radical (unpaired) electrons. The molecule has 0 bridgehead atoms. The molecule has 140 valence electrons. The average molecular weight is 363 g/mol. The zero-order valence-corrected chi connectivity index (χ0v) is 15.8. The minimum atomic E-state index is -0.567. The number of aliphatic hydroxyl groups excluding tert-OH is 1. The Labute approximate surface area is 159 Å². The van der Waals surface area contributed by atoms with E-state index in [9.17, 15) is 9.90 Å². The molecule has 0 unspecified atom stereocenters. The molecule has 0 aliphatic carbocycles. The van der Waals surface area contributed by atoms with E-state index in [2.05, 4.69) is 35.4 Å². The van der Waals surface area contributed by atoms with Gasteiger partial charge < -0.3 is 10.0 Å². The van der Waals surface area contributed by atoms with Crippen molar-refractivity contribution in [2.75, 3.05) is 13.1 Å². The fourth-order valence-electron chi connectivity index (χ4n) is 4.06. The highest BCUT2D eigenvalue weighted by Crippen LogP contribution is 2.31. The number of benzene rings is 2. The maximum Gasteiger partial charge on any atom is 0.272 e. The van der Waals surface area contributed by atoms with Crippen LogP contribution in [0.5, 0.6) is 0 Å². The van der Waals surface area contributed by atoms with Crippen molar-refractivity contribution in [1.29, 1.82) is 0 Å². The van der Waals surface area contributed by atoms with E-state index in [1.54, 1.807) is 9.58 Å². The number of β-amino-alcohol motifs (C(OH)–C–C–N with tert-alkyl or cyclic N) is 1. The summed E-state index contributed by atoms with van der Waals surface area (Å²) in [5.41, 5.74) is 2.58. The lowest BCUT2D eigenvalue weighted by Crippen LogP contribution is -2.46. The first kappa shape index (κ1) is 17.7. The van der Waals surface area contributed by atoms with Gasteiger partial charge in [0.05, 0.1) is 11.8 Å². The van der Waals surface area contributed by atoms with Gasteiger partial charge in [-0.25, -0.2) is 0 Å². The van der Waals surface area contributed by atoms with Crippen LogP contribution in [0.25, 0.3) is 10.8 Å². The van der Waals surface area contributed by atoms with Gasteiger partial charge in [-0.2, -0.15) is 5.10 Å². The summed E-state index contributed by atoms with van der Waals surface area (Å²) in [5, 5.41) is 17.5. The first-order chi connectivity index (χ1) is 13.1. The molecule has 0 spiro atoms. The first-order valence-electron chi connectivity index (χ1n) is 9.57. The summed E-state index contributed by atoms with van der Waals surface area (Å²) >= 11 is 0. The molecule has 1 N–H and O–H groups in total. The molecule has 0 saturated carbocycles. The van der Waals surface area contributed by atoms with Crippen molar-refractivity contribution in [2.45, 2.75) is 38.8 Å². The van der Waals surface area contributed by atoms with Crippen LogP contribution >= 0.6 is 0 Å². The third-order valence-electron chi connectivity index (χ3n) is 5.49. The SMILES string of the molecule is CCn1nc(C)cc1C(=O)N1CC[C@@H](c2ccc3ccccc3c2)[C@H](O)C1. The van der Waals surface area contributed by atoms with Crippen LogP contribution in [0.1, 0.15) is 41.0 Å². The molecule has 5 nitrogen and oxygen atoms in total. The Balaban J connectivity index is 1.52. The predicted molar refractivity (Wildman–Crippen MR) is 106 cm³/mol. The van der Waals surface area contributed by atoms with E-state index in [0.29, 0.717) is 25.3 Å². The van der Waals surface area contributed by atoms with Crippen LogP contribution in [-0.2, 0) is 6.54 Å². The number of nitrogens with zero attached hydrogens (tertiary/aromatic N) is 3. The molecule has 3 aromatic rings. The third-order valence-corrected chi connectivity index (χ3v) is 5.49. The van der Waals surface area contributed by atoms with Gasteiger partial charge in [0.25, 0.3) is 5.91 Å². The number of fused-ring (bicyclic) bond motifs is 1. The Kier molecular flexibility index (Phi) is 4.70. The Morgan fingerprint density at radius 2 is 1.96 bits per heavy atom. The quantitative estimate of drug-likeness (QED) is 0.776. The average Bonchev–Trinajstić information content (AvgIpc) is 3.07. The molecular weight excluding hydrogens is 338 g/mol. The summed E-state index contributed by atoms with van der Waals surface area (Å²) in [6.07, 6.45) is 0.188. The van der Waals surface area contributed by atoms with Gasteiger partial charge in [-0.3, -0.25) is 9.48 Å². The van der Waals surface area contributed by atoms with Crippen molar-refractivity contribution in [3.63, 3.8) is 0 Å². The maximum absolute atomic E-state index is 12.9. The highest BCUT2D eigenvalue weighted by Gasteiger charge is 2.32. The number of aromatic nitrogens is 2. The molecule has 1 fully saturated rings. The van der Waals surface area contributed by atoms with Crippen LogP contribution in [0.3, 0.4) is 0 Å². The van der Waals surface area contributed by atoms with Crippen LogP contribution in [0.2, 0.25) is 0 Å². The zero-order valence-electron chi connectivity index (χ0n) is 15.8.